The quantitative estimate of drug-likeness (QED) is 0.665. The molecule has 124 valence electrons. The Morgan fingerprint density at radius 2 is 1.88 bits per heavy atom. The minimum atomic E-state index is 0.160. The first-order valence-corrected chi connectivity index (χ1v) is 9.08. The van der Waals surface area contributed by atoms with Crippen molar-refractivity contribution in [2.75, 3.05) is 11.4 Å². The minimum absolute atomic E-state index is 0.160. The number of nitrogens with zero attached hydrogens (tertiary/aromatic N) is 2. The molecule has 0 unspecified atom stereocenters. The van der Waals surface area contributed by atoms with Gasteiger partial charge in [0.05, 0.1) is 22.6 Å². The maximum atomic E-state index is 11.8. The molecule has 1 aliphatic heterocycles. The van der Waals surface area contributed by atoms with Crippen molar-refractivity contribution < 1.29 is 9.36 Å². The van der Waals surface area contributed by atoms with Crippen LogP contribution in [0.5, 0.6) is 0 Å². The van der Waals surface area contributed by atoms with Gasteiger partial charge in [-0.1, -0.05) is 36.0 Å². The number of ketones is 1. The summed E-state index contributed by atoms with van der Waals surface area (Å²) >= 11 is 1.72. The highest BCUT2D eigenvalue weighted by Crippen LogP contribution is 2.46. The van der Waals surface area contributed by atoms with E-state index in [1.54, 1.807) is 18.7 Å². The van der Waals surface area contributed by atoms with Crippen LogP contribution >= 0.6 is 11.8 Å². The molecule has 0 spiro atoms. The fourth-order valence-corrected chi connectivity index (χ4v) is 4.31. The fourth-order valence-electron chi connectivity index (χ4n) is 3.19. The van der Waals surface area contributed by atoms with Crippen molar-refractivity contribution in [2.45, 2.75) is 11.8 Å². The van der Waals surface area contributed by atoms with Gasteiger partial charge in [-0.25, -0.2) is 4.57 Å². The predicted octanol–water partition coefficient (Wildman–Crippen LogP) is 4.16. The Bertz CT molecular complexity index is 1010. The lowest BCUT2D eigenvalue weighted by atomic mass is 10.1. The zero-order chi connectivity index (χ0) is 17.4. The number of Topliss-reactive ketones (excluding diaryl/α,β-unsaturated/α-hetero) is 1. The molecule has 0 aliphatic carbocycles. The van der Waals surface area contributed by atoms with Crippen LogP contribution in [0, 0.1) is 0 Å². The van der Waals surface area contributed by atoms with Gasteiger partial charge in [0.2, 0.25) is 5.52 Å². The Hall–Kier alpha value is -2.59. The number of pyridine rings is 1. The van der Waals surface area contributed by atoms with E-state index in [-0.39, 0.29) is 5.78 Å². The summed E-state index contributed by atoms with van der Waals surface area (Å²) in [5.74, 6) is 0.160. The second-order valence-electron chi connectivity index (χ2n) is 6.24. The van der Waals surface area contributed by atoms with Gasteiger partial charge in [0.15, 0.2) is 6.20 Å². The summed E-state index contributed by atoms with van der Waals surface area (Å²) in [6, 6.07) is 18.8. The number of fused-ring (bicyclic) bond motifs is 2. The van der Waals surface area contributed by atoms with Crippen molar-refractivity contribution in [3.8, 4) is 0 Å². The van der Waals surface area contributed by atoms with E-state index in [9.17, 15) is 4.79 Å². The minimum Gasteiger partial charge on any atom is -0.327 e. The SMILES string of the molecule is CC(=O)CN1/C(=C/c2cc[n+](C)c3ccccc23)Sc2ccccc21. The molecule has 0 saturated heterocycles. The van der Waals surface area contributed by atoms with Crippen LogP contribution in [0.2, 0.25) is 0 Å². The van der Waals surface area contributed by atoms with E-state index < -0.39 is 0 Å². The Balaban J connectivity index is 1.84. The zero-order valence-corrected chi connectivity index (χ0v) is 15.1. The van der Waals surface area contributed by atoms with Crippen molar-refractivity contribution in [3.05, 3.63) is 71.4 Å². The van der Waals surface area contributed by atoms with Gasteiger partial charge >= 0.3 is 0 Å². The van der Waals surface area contributed by atoms with Crippen molar-refractivity contribution in [3.63, 3.8) is 0 Å². The van der Waals surface area contributed by atoms with Gasteiger partial charge in [-0.3, -0.25) is 4.79 Å². The number of anilines is 1. The van der Waals surface area contributed by atoms with Crippen molar-refractivity contribution in [2.24, 2.45) is 7.05 Å². The number of aryl methyl sites for hydroxylation is 1. The van der Waals surface area contributed by atoms with Crippen molar-refractivity contribution in [1.82, 2.24) is 0 Å². The molecule has 25 heavy (non-hydrogen) atoms. The standard InChI is InChI=1S/C21H19N2OS/c1-15(24)14-23-19-9-5-6-10-20(19)25-21(23)13-16-11-12-22(2)18-8-4-3-7-17(16)18/h3-13H,14H2,1-2H3/q+1. The van der Waals surface area contributed by atoms with E-state index in [2.05, 4.69) is 71.3 Å². The summed E-state index contributed by atoms with van der Waals surface area (Å²) in [5, 5.41) is 2.30. The van der Waals surface area contributed by atoms with Gasteiger partial charge in [0, 0.05) is 17.0 Å². The van der Waals surface area contributed by atoms with Gasteiger partial charge in [-0.2, -0.15) is 0 Å². The van der Waals surface area contributed by atoms with Crippen LogP contribution in [-0.4, -0.2) is 12.3 Å². The molecular weight excluding hydrogens is 328 g/mol. The molecule has 3 aromatic rings. The molecule has 0 fully saturated rings. The van der Waals surface area contributed by atoms with Gasteiger partial charge in [-0.15, -0.1) is 0 Å². The highest BCUT2D eigenvalue weighted by atomic mass is 32.2. The number of para-hydroxylation sites is 2. The summed E-state index contributed by atoms with van der Waals surface area (Å²) in [4.78, 5) is 15.1. The number of rotatable bonds is 3. The molecule has 4 heteroatoms. The average Bonchev–Trinajstić information content (AvgIpc) is 2.95. The normalized spacial score (nSPS) is 15.0. The number of thioether (sulfide) groups is 1. The second-order valence-corrected chi connectivity index (χ2v) is 7.30. The van der Waals surface area contributed by atoms with Crippen molar-refractivity contribution >= 4 is 40.2 Å². The third-order valence-corrected chi connectivity index (χ3v) is 5.48. The number of aromatic nitrogens is 1. The van der Waals surface area contributed by atoms with E-state index in [0.717, 1.165) is 16.3 Å². The van der Waals surface area contributed by atoms with Crippen LogP contribution in [-0.2, 0) is 11.8 Å². The first-order valence-electron chi connectivity index (χ1n) is 8.26. The topological polar surface area (TPSA) is 24.2 Å². The molecule has 0 bridgehead atoms. The summed E-state index contributed by atoms with van der Waals surface area (Å²) in [5.41, 5.74) is 3.47. The Morgan fingerprint density at radius 1 is 1.12 bits per heavy atom. The van der Waals surface area contributed by atoms with E-state index in [1.807, 2.05) is 12.1 Å². The first-order chi connectivity index (χ1) is 12.1. The maximum Gasteiger partial charge on any atom is 0.212 e. The van der Waals surface area contributed by atoms with Crippen LogP contribution in [0.15, 0.2) is 70.7 Å². The smallest absolute Gasteiger partial charge is 0.212 e. The van der Waals surface area contributed by atoms with Gasteiger partial charge in [-0.05, 0) is 36.8 Å². The largest absolute Gasteiger partial charge is 0.327 e. The Kier molecular flexibility index (Phi) is 4.06. The van der Waals surface area contributed by atoms with Crippen LogP contribution < -0.4 is 9.47 Å². The lowest BCUT2D eigenvalue weighted by Gasteiger charge is -2.19. The zero-order valence-electron chi connectivity index (χ0n) is 14.3. The lowest BCUT2D eigenvalue weighted by molar-refractivity contribution is -0.644. The maximum absolute atomic E-state index is 11.8. The first kappa shape index (κ1) is 15.9. The highest BCUT2D eigenvalue weighted by molar-refractivity contribution is 8.03. The Labute approximate surface area is 151 Å². The van der Waals surface area contributed by atoms with E-state index in [4.69, 9.17) is 0 Å². The molecule has 2 aromatic carbocycles. The number of hydrogen-bond donors (Lipinski definition) is 0. The van der Waals surface area contributed by atoms with Gasteiger partial charge < -0.3 is 4.90 Å². The molecular formula is C21H19N2OS+. The monoisotopic (exact) mass is 347 g/mol. The van der Waals surface area contributed by atoms with Crippen LogP contribution in [0.1, 0.15) is 12.5 Å². The van der Waals surface area contributed by atoms with Crippen molar-refractivity contribution in [1.29, 1.82) is 0 Å². The van der Waals surface area contributed by atoms with Gasteiger partial charge in [0.25, 0.3) is 0 Å². The molecule has 1 aliphatic rings. The molecule has 0 amide bonds. The molecule has 0 atom stereocenters. The number of carbonyl (C=O) groups excluding carboxylic acids is 1. The van der Waals surface area contributed by atoms with Crippen LogP contribution in [0.3, 0.4) is 0 Å². The second kappa shape index (κ2) is 6.37. The molecule has 0 radical (unpaired) electrons. The summed E-state index contributed by atoms with van der Waals surface area (Å²) in [7, 11) is 2.06. The molecule has 1 aromatic heterocycles. The fraction of sp³-hybridized carbons (Fsp3) is 0.143. The lowest BCUT2D eigenvalue weighted by Crippen LogP contribution is -2.28. The molecule has 0 N–H and O–H groups in total. The number of hydrogen-bond acceptors (Lipinski definition) is 3. The number of carbonyl (C=O) groups is 1. The third kappa shape index (κ3) is 2.94. The third-order valence-electron chi connectivity index (χ3n) is 4.37. The summed E-state index contributed by atoms with van der Waals surface area (Å²) in [6.07, 6.45) is 4.27. The summed E-state index contributed by atoms with van der Waals surface area (Å²) in [6.45, 7) is 2.04. The molecule has 2 heterocycles. The number of benzene rings is 2. The van der Waals surface area contributed by atoms with E-state index in [1.165, 1.54) is 15.8 Å². The van der Waals surface area contributed by atoms with E-state index >= 15 is 0 Å². The molecule has 4 rings (SSSR count). The summed E-state index contributed by atoms with van der Waals surface area (Å²) < 4.78 is 2.13. The highest BCUT2D eigenvalue weighted by Gasteiger charge is 2.26. The predicted molar refractivity (Wildman–Crippen MR) is 103 cm³/mol. The van der Waals surface area contributed by atoms with Crippen LogP contribution in [0.25, 0.3) is 17.0 Å². The van der Waals surface area contributed by atoms with Crippen LogP contribution in [0.4, 0.5) is 5.69 Å². The average molecular weight is 347 g/mol. The van der Waals surface area contributed by atoms with E-state index in [0.29, 0.717) is 6.54 Å². The molecule has 3 nitrogen and oxygen atoms in total. The Morgan fingerprint density at radius 3 is 2.72 bits per heavy atom. The molecule has 0 saturated carbocycles. The van der Waals surface area contributed by atoms with Gasteiger partial charge in [0.1, 0.15) is 12.8 Å².